The van der Waals surface area contributed by atoms with Gasteiger partial charge in [0.25, 0.3) is 5.91 Å². The van der Waals surface area contributed by atoms with Gasteiger partial charge in [-0.15, -0.1) is 0 Å². The molecule has 3 atom stereocenters. The molecule has 1 aliphatic carbocycles. The minimum atomic E-state index is -0.949. The van der Waals surface area contributed by atoms with Crippen molar-refractivity contribution in [1.82, 2.24) is 9.88 Å². The van der Waals surface area contributed by atoms with Gasteiger partial charge in [-0.05, 0) is 43.2 Å². The van der Waals surface area contributed by atoms with Gasteiger partial charge in [0.2, 0.25) is 0 Å². The predicted molar refractivity (Wildman–Crippen MR) is 75.5 cm³/mol. The van der Waals surface area contributed by atoms with Gasteiger partial charge in [-0.1, -0.05) is 13.8 Å². The van der Waals surface area contributed by atoms with E-state index in [1.807, 2.05) is 0 Å². The molecule has 0 aliphatic heterocycles. The molecular weight excluding hydrogens is 256 g/mol. The SMILES string of the molecule is CC1CCC(NC(=O)c2cccn2CC(=O)O)CC1C. The Kier molecular flexibility index (Phi) is 4.47. The van der Waals surface area contributed by atoms with E-state index in [2.05, 4.69) is 19.2 Å². The van der Waals surface area contributed by atoms with Gasteiger partial charge in [0, 0.05) is 12.2 Å². The maximum Gasteiger partial charge on any atom is 0.323 e. The molecule has 0 aromatic carbocycles. The summed E-state index contributed by atoms with van der Waals surface area (Å²) in [5.74, 6) is 0.192. The summed E-state index contributed by atoms with van der Waals surface area (Å²) in [6, 6.07) is 3.55. The highest BCUT2D eigenvalue weighted by Crippen LogP contribution is 2.29. The Labute approximate surface area is 119 Å². The Morgan fingerprint density at radius 3 is 2.75 bits per heavy atom. The first kappa shape index (κ1) is 14.6. The smallest absolute Gasteiger partial charge is 0.323 e. The summed E-state index contributed by atoms with van der Waals surface area (Å²) < 4.78 is 1.46. The van der Waals surface area contributed by atoms with Crippen molar-refractivity contribution in [2.45, 2.75) is 45.7 Å². The van der Waals surface area contributed by atoms with Crippen LogP contribution in [0.3, 0.4) is 0 Å². The van der Waals surface area contributed by atoms with E-state index in [0.717, 1.165) is 19.3 Å². The molecule has 5 nitrogen and oxygen atoms in total. The summed E-state index contributed by atoms with van der Waals surface area (Å²) in [4.78, 5) is 23.0. The van der Waals surface area contributed by atoms with Crippen LogP contribution in [0.2, 0.25) is 0 Å². The number of carbonyl (C=O) groups excluding carboxylic acids is 1. The van der Waals surface area contributed by atoms with Gasteiger partial charge in [-0.25, -0.2) is 0 Å². The molecule has 0 bridgehead atoms. The minimum absolute atomic E-state index is 0.178. The van der Waals surface area contributed by atoms with E-state index in [1.165, 1.54) is 4.57 Å². The van der Waals surface area contributed by atoms with Crippen LogP contribution in [0.1, 0.15) is 43.6 Å². The van der Waals surface area contributed by atoms with Gasteiger partial charge < -0.3 is 15.0 Å². The van der Waals surface area contributed by atoms with Crippen molar-refractivity contribution in [1.29, 1.82) is 0 Å². The predicted octanol–water partition coefficient (Wildman–Crippen LogP) is 2.13. The first-order valence-electron chi connectivity index (χ1n) is 7.15. The third-order valence-electron chi connectivity index (χ3n) is 4.30. The van der Waals surface area contributed by atoms with E-state index < -0.39 is 5.97 Å². The van der Waals surface area contributed by atoms with Crippen LogP contribution in [0.15, 0.2) is 18.3 Å². The molecule has 1 amide bonds. The number of amides is 1. The molecule has 1 fully saturated rings. The minimum Gasteiger partial charge on any atom is -0.480 e. The van der Waals surface area contributed by atoms with Gasteiger partial charge in [-0.2, -0.15) is 0 Å². The average molecular weight is 278 g/mol. The standard InChI is InChI=1S/C15H22N2O3/c1-10-5-6-12(8-11(10)2)16-15(20)13-4-3-7-17(13)9-14(18)19/h3-4,7,10-12H,5-6,8-9H2,1-2H3,(H,16,20)(H,18,19). The van der Waals surface area contributed by atoms with Crippen molar-refractivity contribution in [2.75, 3.05) is 0 Å². The van der Waals surface area contributed by atoms with Crippen molar-refractivity contribution in [3.05, 3.63) is 24.0 Å². The van der Waals surface area contributed by atoms with E-state index in [0.29, 0.717) is 17.5 Å². The summed E-state index contributed by atoms with van der Waals surface area (Å²) in [6.45, 7) is 4.28. The van der Waals surface area contributed by atoms with Crippen molar-refractivity contribution in [3.63, 3.8) is 0 Å². The van der Waals surface area contributed by atoms with E-state index in [-0.39, 0.29) is 18.5 Å². The highest BCUT2D eigenvalue weighted by Gasteiger charge is 2.26. The van der Waals surface area contributed by atoms with Crippen LogP contribution in [0.25, 0.3) is 0 Å². The molecule has 3 unspecified atom stereocenters. The van der Waals surface area contributed by atoms with Crippen LogP contribution in [0, 0.1) is 11.8 Å². The maximum atomic E-state index is 12.2. The van der Waals surface area contributed by atoms with Crippen LogP contribution < -0.4 is 5.32 Å². The average Bonchev–Trinajstić information content (AvgIpc) is 2.81. The van der Waals surface area contributed by atoms with Crippen LogP contribution in [-0.2, 0) is 11.3 Å². The maximum absolute atomic E-state index is 12.2. The Morgan fingerprint density at radius 1 is 1.35 bits per heavy atom. The summed E-state index contributed by atoms with van der Waals surface area (Å²) >= 11 is 0. The van der Waals surface area contributed by atoms with Crippen LogP contribution in [-0.4, -0.2) is 27.6 Å². The molecule has 0 saturated heterocycles. The molecule has 1 aromatic heterocycles. The number of rotatable bonds is 4. The Morgan fingerprint density at radius 2 is 2.10 bits per heavy atom. The first-order chi connectivity index (χ1) is 9.47. The second-order valence-electron chi connectivity index (χ2n) is 5.85. The lowest BCUT2D eigenvalue weighted by Crippen LogP contribution is -2.40. The fraction of sp³-hybridized carbons (Fsp3) is 0.600. The topological polar surface area (TPSA) is 71.3 Å². The number of nitrogens with zero attached hydrogens (tertiary/aromatic N) is 1. The zero-order valence-corrected chi connectivity index (χ0v) is 12.0. The zero-order chi connectivity index (χ0) is 14.7. The molecule has 1 aliphatic rings. The number of carboxylic acid groups (broad SMARTS) is 1. The van der Waals surface area contributed by atoms with Crippen molar-refractivity contribution >= 4 is 11.9 Å². The molecule has 5 heteroatoms. The summed E-state index contributed by atoms with van der Waals surface area (Å²) in [5.41, 5.74) is 0.415. The fourth-order valence-corrected chi connectivity index (χ4v) is 2.84. The van der Waals surface area contributed by atoms with Crippen molar-refractivity contribution in [3.8, 4) is 0 Å². The molecule has 2 rings (SSSR count). The molecule has 110 valence electrons. The number of aliphatic carboxylic acids is 1. The Balaban J connectivity index is 1.98. The van der Waals surface area contributed by atoms with Gasteiger partial charge in [0.05, 0.1) is 0 Å². The molecule has 20 heavy (non-hydrogen) atoms. The van der Waals surface area contributed by atoms with Gasteiger partial charge >= 0.3 is 5.97 Å². The van der Waals surface area contributed by atoms with Gasteiger partial charge in [0.15, 0.2) is 0 Å². The van der Waals surface area contributed by atoms with Gasteiger partial charge in [-0.3, -0.25) is 9.59 Å². The summed E-state index contributed by atoms with van der Waals surface area (Å²) in [5, 5.41) is 11.9. The lowest BCUT2D eigenvalue weighted by atomic mass is 9.79. The third kappa shape index (κ3) is 3.40. The molecular formula is C15H22N2O3. The number of aromatic nitrogens is 1. The Bertz CT molecular complexity index is 495. The van der Waals surface area contributed by atoms with Crippen molar-refractivity contribution in [2.24, 2.45) is 11.8 Å². The van der Waals surface area contributed by atoms with Crippen molar-refractivity contribution < 1.29 is 14.7 Å². The van der Waals surface area contributed by atoms with Crippen LogP contribution >= 0.6 is 0 Å². The molecule has 1 heterocycles. The number of carbonyl (C=O) groups is 2. The largest absolute Gasteiger partial charge is 0.480 e. The quantitative estimate of drug-likeness (QED) is 0.886. The zero-order valence-electron chi connectivity index (χ0n) is 12.0. The second-order valence-corrected chi connectivity index (χ2v) is 5.85. The first-order valence-corrected chi connectivity index (χ1v) is 7.15. The number of carboxylic acids is 1. The van der Waals surface area contributed by atoms with E-state index >= 15 is 0 Å². The normalized spacial score (nSPS) is 26.2. The number of hydrogen-bond donors (Lipinski definition) is 2. The molecule has 1 saturated carbocycles. The third-order valence-corrected chi connectivity index (χ3v) is 4.30. The van der Waals surface area contributed by atoms with Crippen LogP contribution in [0.4, 0.5) is 0 Å². The summed E-state index contributed by atoms with van der Waals surface area (Å²) in [7, 11) is 0. The van der Waals surface area contributed by atoms with E-state index in [9.17, 15) is 9.59 Å². The van der Waals surface area contributed by atoms with E-state index in [1.54, 1.807) is 18.3 Å². The van der Waals surface area contributed by atoms with Crippen LogP contribution in [0.5, 0.6) is 0 Å². The summed E-state index contributed by atoms with van der Waals surface area (Å²) in [6.07, 6.45) is 4.74. The molecule has 2 N–H and O–H groups in total. The fourth-order valence-electron chi connectivity index (χ4n) is 2.84. The number of hydrogen-bond acceptors (Lipinski definition) is 2. The molecule has 0 radical (unpaired) electrons. The molecule has 0 spiro atoms. The second kappa shape index (κ2) is 6.11. The van der Waals surface area contributed by atoms with E-state index in [4.69, 9.17) is 5.11 Å². The Hall–Kier alpha value is -1.78. The molecule has 1 aromatic rings. The highest BCUT2D eigenvalue weighted by molar-refractivity contribution is 5.93. The number of nitrogens with one attached hydrogen (secondary N) is 1. The lowest BCUT2D eigenvalue weighted by Gasteiger charge is -2.32. The monoisotopic (exact) mass is 278 g/mol. The lowest BCUT2D eigenvalue weighted by molar-refractivity contribution is -0.137. The highest BCUT2D eigenvalue weighted by atomic mass is 16.4. The van der Waals surface area contributed by atoms with Gasteiger partial charge in [0.1, 0.15) is 12.2 Å².